The molecule has 3 nitrogen and oxygen atoms in total. The molecule has 0 amide bonds. The SMILES string of the molecule is CCCN1CCC(NC(=S)Nc2cccc(C)c2)CC1. The van der Waals surface area contributed by atoms with Crippen molar-refractivity contribution in [1.82, 2.24) is 10.2 Å². The van der Waals surface area contributed by atoms with Crippen LogP contribution in [0.2, 0.25) is 0 Å². The molecule has 0 aliphatic carbocycles. The highest BCUT2D eigenvalue weighted by atomic mass is 32.1. The second-order valence-corrected chi connectivity index (χ2v) is 5.99. The van der Waals surface area contributed by atoms with E-state index in [1.54, 1.807) is 0 Å². The van der Waals surface area contributed by atoms with Crippen LogP contribution in [-0.2, 0) is 0 Å². The Labute approximate surface area is 127 Å². The van der Waals surface area contributed by atoms with E-state index in [-0.39, 0.29) is 0 Å². The predicted molar refractivity (Wildman–Crippen MR) is 90.3 cm³/mol. The van der Waals surface area contributed by atoms with Gasteiger partial charge in [0.1, 0.15) is 0 Å². The van der Waals surface area contributed by atoms with E-state index < -0.39 is 0 Å². The number of anilines is 1. The van der Waals surface area contributed by atoms with Gasteiger partial charge in [-0.1, -0.05) is 19.1 Å². The Bertz CT molecular complexity index is 439. The Morgan fingerprint density at radius 1 is 1.35 bits per heavy atom. The van der Waals surface area contributed by atoms with Gasteiger partial charge < -0.3 is 15.5 Å². The largest absolute Gasteiger partial charge is 0.360 e. The van der Waals surface area contributed by atoms with E-state index in [4.69, 9.17) is 12.2 Å². The van der Waals surface area contributed by atoms with E-state index in [0.717, 1.165) is 10.8 Å². The number of likely N-dealkylation sites (tertiary alicyclic amines) is 1. The summed E-state index contributed by atoms with van der Waals surface area (Å²) in [6, 6.07) is 8.80. The van der Waals surface area contributed by atoms with Crippen molar-refractivity contribution in [2.45, 2.75) is 39.2 Å². The lowest BCUT2D eigenvalue weighted by atomic mass is 10.1. The van der Waals surface area contributed by atoms with Crippen molar-refractivity contribution in [3.8, 4) is 0 Å². The van der Waals surface area contributed by atoms with Crippen molar-refractivity contribution in [2.75, 3.05) is 25.0 Å². The first-order valence-corrected chi connectivity index (χ1v) is 7.94. The van der Waals surface area contributed by atoms with E-state index in [9.17, 15) is 0 Å². The van der Waals surface area contributed by atoms with Gasteiger partial charge in [-0.3, -0.25) is 0 Å². The van der Waals surface area contributed by atoms with Crippen LogP contribution >= 0.6 is 12.2 Å². The zero-order valence-corrected chi connectivity index (χ0v) is 13.3. The number of hydrogen-bond donors (Lipinski definition) is 2. The van der Waals surface area contributed by atoms with E-state index in [0.29, 0.717) is 6.04 Å². The number of nitrogens with zero attached hydrogens (tertiary/aromatic N) is 1. The minimum atomic E-state index is 0.507. The molecular formula is C16H25N3S. The van der Waals surface area contributed by atoms with E-state index in [1.165, 1.54) is 44.5 Å². The summed E-state index contributed by atoms with van der Waals surface area (Å²) >= 11 is 5.40. The fourth-order valence-corrected chi connectivity index (χ4v) is 2.98. The number of thiocarbonyl (C=S) groups is 1. The van der Waals surface area contributed by atoms with E-state index in [1.807, 2.05) is 12.1 Å². The Kier molecular flexibility index (Phi) is 5.80. The summed E-state index contributed by atoms with van der Waals surface area (Å²) in [4.78, 5) is 2.54. The lowest BCUT2D eigenvalue weighted by Crippen LogP contribution is -2.45. The fraction of sp³-hybridized carbons (Fsp3) is 0.562. The van der Waals surface area contributed by atoms with Gasteiger partial charge in [-0.05, 0) is 62.6 Å². The van der Waals surface area contributed by atoms with Gasteiger partial charge in [0.2, 0.25) is 0 Å². The molecule has 0 aromatic heterocycles. The fourth-order valence-electron chi connectivity index (χ4n) is 2.69. The van der Waals surface area contributed by atoms with Gasteiger partial charge in [0.25, 0.3) is 0 Å². The molecule has 0 unspecified atom stereocenters. The molecule has 4 heteroatoms. The molecule has 2 rings (SSSR count). The quantitative estimate of drug-likeness (QED) is 0.833. The second kappa shape index (κ2) is 7.60. The third-order valence-electron chi connectivity index (χ3n) is 3.74. The number of aryl methyl sites for hydroxylation is 1. The number of piperidine rings is 1. The molecule has 1 aliphatic heterocycles. The van der Waals surface area contributed by atoms with Crippen molar-refractivity contribution >= 4 is 23.0 Å². The molecule has 20 heavy (non-hydrogen) atoms. The van der Waals surface area contributed by atoms with Crippen molar-refractivity contribution in [1.29, 1.82) is 0 Å². The van der Waals surface area contributed by atoms with E-state index in [2.05, 4.69) is 41.5 Å². The Morgan fingerprint density at radius 2 is 2.10 bits per heavy atom. The van der Waals surface area contributed by atoms with Crippen LogP contribution in [0.3, 0.4) is 0 Å². The molecule has 0 spiro atoms. The molecule has 1 aromatic rings. The van der Waals surface area contributed by atoms with Crippen LogP contribution in [0.5, 0.6) is 0 Å². The van der Waals surface area contributed by atoms with Crippen LogP contribution in [0, 0.1) is 6.92 Å². The van der Waals surface area contributed by atoms with Gasteiger partial charge in [-0.2, -0.15) is 0 Å². The highest BCUT2D eigenvalue weighted by Gasteiger charge is 2.18. The lowest BCUT2D eigenvalue weighted by Gasteiger charge is -2.32. The smallest absolute Gasteiger partial charge is 0.170 e. The molecule has 1 aliphatic rings. The van der Waals surface area contributed by atoms with Crippen molar-refractivity contribution < 1.29 is 0 Å². The number of rotatable bonds is 4. The normalized spacial score (nSPS) is 16.9. The molecule has 1 aromatic carbocycles. The minimum absolute atomic E-state index is 0.507. The number of nitrogens with one attached hydrogen (secondary N) is 2. The standard InChI is InChI=1S/C16H25N3S/c1-3-9-19-10-7-14(8-11-19)17-16(20)18-15-6-4-5-13(2)12-15/h4-6,12,14H,3,7-11H2,1-2H3,(H2,17,18,20). The zero-order valence-electron chi connectivity index (χ0n) is 12.5. The molecule has 1 fully saturated rings. The summed E-state index contributed by atoms with van der Waals surface area (Å²) < 4.78 is 0. The molecule has 0 radical (unpaired) electrons. The average molecular weight is 291 g/mol. The second-order valence-electron chi connectivity index (χ2n) is 5.58. The highest BCUT2D eigenvalue weighted by Crippen LogP contribution is 2.12. The zero-order chi connectivity index (χ0) is 14.4. The summed E-state index contributed by atoms with van der Waals surface area (Å²) in [5.74, 6) is 0. The van der Waals surface area contributed by atoms with Crippen molar-refractivity contribution in [2.24, 2.45) is 0 Å². The molecule has 0 atom stereocenters. The summed E-state index contributed by atoms with van der Waals surface area (Å²) in [5, 5.41) is 7.46. The Hall–Kier alpha value is -1.13. The molecular weight excluding hydrogens is 266 g/mol. The topological polar surface area (TPSA) is 27.3 Å². The summed E-state index contributed by atoms with van der Waals surface area (Å²) in [5.41, 5.74) is 2.30. The van der Waals surface area contributed by atoms with Crippen LogP contribution in [0.15, 0.2) is 24.3 Å². The maximum absolute atomic E-state index is 5.40. The average Bonchev–Trinajstić information content (AvgIpc) is 2.41. The van der Waals surface area contributed by atoms with Gasteiger partial charge in [0.05, 0.1) is 0 Å². The first-order chi connectivity index (χ1) is 9.67. The van der Waals surface area contributed by atoms with Gasteiger partial charge in [-0.25, -0.2) is 0 Å². The minimum Gasteiger partial charge on any atom is -0.360 e. The van der Waals surface area contributed by atoms with Crippen LogP contribution < -0.4 is 10.6 Å². The summed E-state index contributed by atoms with van der Waals surface area (Å²) in [6.07, 6.45) is 3.59. The first kappa shape index (κ1) is 15.3. The molecule has 2 N–H and O–H groups in total. The van der Waals surface area contributed by atoms with Crippen LogP contribution in [0.1, 0.15) is 31.7 Å². The Morgan fingerprint density at radius 3 is 2.75 bits per heavy atom. The molecule has 0 saturated carbocycles. The maximum Gasteiger partial charge on any atom is 0.170 e. The van der Waals surface area contributed by atoms with Crippen molar-refractivity contribution in [3.63, 3.8) is 0 Å². The van der Waals surface area contributed by atoms with Crippen molar-refractivity contribution in [3.05, 3.63) is 29.8 Å². The molecule has 110 valence electrons. The summed E-state index contributed by atoms with van der Waals surface area (Å²) in [7, 11) is 0. The summed E-state index contributed by atoms with van der Waals surface area (Å²) in [6.45, 7) is 7.91. The van der Waals surface area contributed by atoms with Gasteiger partial charge in [-0.15, -0.1) is 0 Å². The number of hydrogen-bond acceptors (Lipinski definition) is 2. The van der Waals surface area contributed by atoms with Crippen LogP contribution in [0.25, 0.3) is 0 Å². The predicted octanol–water partition coefficient (Wildman–Crippen LogP) is 3.16. The van der Waals surface area contributed by atoms with Crippen LogP contribution in [0.4, 0.5) is 5.69 Å². The van der Waals surface area contributed by atoms with Crippen LogP contribution in [-0.4, -0.2) is 35.7 Å². The van der Waals surface area contributed by atoms with Gasteiger partial charge in [0, 0.05) is 24.8 Å². The third-order valence-corrected chi connectivity index (χ3v) is 3.96. The first-order valence-electron chi connectivity index (χ1n) is 7.54. The van der Waals surface area contributed by atoms with Gasteiger partial charge in [0.15, 0.2) is 5.11 Å². The monoisotopic (exact) mass is 291 g/mol. The lowest BCUT2D eigenvalue weighted by molar-refractivity contribution is 0.207. The molecule has 0 bridgehead atoms. The number of benzene rings is 1. The maximum atomic E-state index is 5.40. The Balaban J connectivity index is 1.75. The van der Waals surface area contributed by atoms with Gasteiger partial charge >= 0.3 is 0 Å². The van der Waals surface area contributed by atoms with E-state index >= 15 is 0 Å². The third kappa shape index (κ3) is 4.76. The molecule has 1 heterocycles. The molecule has 1 saturated heterocycles. The highest BCUT2D eigenvalue weighted by molar-refractivity contribution is 7.80.